The van der Waals surface area contributed by atoms with Crippen LogP contribution in [0.25, 0.3) is 0 Å². The van der Waals surface area contributed by atoms with E-state index in [1.165, 1.54) is 35.8 Å². The van der Waals surface area contributed by atoms with Crippen molar-refractivity contribution in [1.29, 1.82) is 0 Å². The van der Waals surface area contributed by atoms with E-state index in [-0.39, 0.29) is 0 Å². The van der Waals surface area contributed by atoms with Gasteiger partial charge in [-0.05, 0) is 49.4 Å². The van der Waals surface area contributed by atoms with Crippen LogP contribution in [-0.4, -0.2) is 12.6 Å². The van der Waals surface area contributed by atoms with Crippen molar-refractivity contribution in [3.63, 3.8) is 0 Å². The Bertz CT molecular complexity index is 337. The van der Waals surface area contributed by atoms with E-state index >= 15 is 0 Å². The molecule has 1 heterocycles. The third-order valence-corrected chi connectivity index (χ3v) is 4.05. The van der Waals surface area contributed by atoms with E-state index in [4.69, 9.17) is 0 Å². The monoisotopic (exact) mass is 281 g/mol. The average Bonchev–Trinajstić information content (AvgIpc) is 2.29. The summed E-state index contributed by atoms with van der Waals surface area (Å²) < 4.78 is 1.19. The van der Waals surface area contributed by atoms with E-state index in [0.29, 0.717) is 6.04 Å². The number of hydrogen-bond donors (Lipinski definition) is 1. The van der Waals surface area contributed by atoms with Gasteiger partial charge in [0.25, 0.3) is 0 Å². The van der Waals surface area contributed by atoms with E-state index < -0.39 is 0 Å². The largest absolute Gasteiger partial charge is 0.314 e. The number of piperidine rings is 1. The Morgan fingerprint density at radius 1 is 1.44 bits per heavy atom. The molecule has 2 heteroatoms. The minimum atomic E-state index is 0.674. The maximum absolute atomic E-state index is 3.64. The van der Waals surface area contributed by atoms with E-state index in [2.05, 4.69) is 52.4 Å². The number of halogens is 1. The second-order valence-electron chi connectivity index (χ2n) is 4.78. The van der Waals surface area contributed by atoms with Crippen LogP contribution in [0.15, 0.2) is 28.7 Å². The predicted octanol–water partition coefficient (Wildman–Crippen LogP) is 3.77. The van der Waals surface area contributed by atoms with Crippen molar-refractivity contribution in [2.45, 2.75) is 38.6 Å². The first-order valence-electron chi connectivity index (χ1n) is 6.25. The fourth-order valence-electron chi connectivity index (χ4n) is 2.57. The molecule has 1 aromatic carbocycles. The van der Waals surface area contributed by atoms with Gasteiger partial charge in [-0.15, -0.1) is 0 Å². The smallest absolute Gasteiger partial charge is 0.0178 e. The third-order valence-electron chi connectivity index (χ3n) is 3.55. The fraction of sp³-hybridized carbons (Fsp3) is 0.571. The van der Waals surface area contributed by atoms with Crippen molar-refractivity contribution in [3.05, 3.63) is 34.3 Å². The molecular weight excluding hydrogens is 262 g/mol. The van der Waals surface area contributed by atoms with Crippen LogP contribution >= 0.6 is 15.9 Å². The summed E-state index contributed by atoms with van der Waals surface area (Å²) in [7, 11) is 0. The summed E-state index contributed by atoms with van der Waals surface area (Å²) in [5, 5.41) is 3.64. The number of benzene rings is 1. The van der Waals surface area contributed by atoms with Crippen LogP contribution in [-0.2, 0) is 6.42 Å². The number of rotatable bonds is 3. The fourth-order valence-corrected chi connectivity index (χ4v) is 3.02. The molecule has 0 aromatic heterocycles. The van der Waals surface area contributed by atoms with Gasteiger partial charge in [-0.25, -0.2) is 0 Å². The molecule has 2 atom stereocenters. The molecule has 1 nitrogen and oxygen atoms in total. The molecule has 2 unspecified atom stereocenters. The molecule has 0 spiro atoms. The lowest BCUT2D eigenvalue weighted by atomic mass is 9.88. The Balaban J connectivity index is 1.94. The van der Waals surface area contributed by atoms with Gasteiger partial charge in [-0.3, -0.25) is 0 Å². The minimum absolute atomic E-state index is 0.674. The summed E-state index contributed by atoms with van der Waals surface area (Å²) in [4.78, 5) is 0. The van der Waals surface area contributed by atoms with Gasteiger partial charge < -0.3 is 5.32 Å². The first kappa shape index (κ1) is 12.1. The maximum Gasteiger partial charge on any atom is 0.0178 e. The Labute approximate surface area is 107 Å². The topological polar surface area (TPSA) is 12.0 Å². The molecule has 0 saturated carbocycles. The van der Waals surface area contributed by atoms with E-state index in [1.54, 1.807) is 0 Å². The summed E-state index contributed by atoms with van der Waals surface area (Å²) in [5.74, 6) is 0.929. The third kappa shape index (κ3) is 3.33. The summed E-state index contributed by atoms with van der Waals surface area (Å²) in [6.07, 6.45) is 5.18. The van der Waals surface area contributed by atoms with Gasteiger partial charge in [0.15, 0.2) is 0 Å². The molecule has 1 aliphatic heterocycles. The molecule has 1 fully saturated rings. The Kier molecular flexibility index (Phi) is 4.42. The van der Waals surface area contributed by atoms with Crippen LogP contribution in [0, 0.1) is 5.92 Å². The van der Waals surface area contributed by atoms with Crippen LogP contribution in [0.3, 0.4) is 0 Å². The summed E-state index contributed by atoms with van der Waals surface area (Å²) in [6.45, 7) is 3.50. The second-order valence-corrected chi connectivity index (χ2v) is 5.70. The highest BCUT2D eigenvalue weighted by molar-refractivity contribution is 9.10. The maximum atomic E-state index is 3.64. The van der Waals surface area contributed by atoms with Crippen LogP contribution in [0.4, 0.5) is 0 Å². The van der Waals surface area contributed by atoms with Gasteiger partial charge >= 0.3 is 0 Å². The zero-order chi connectivity index (χ0) is 11.4. The lowest BCUT2D eigenvalue weighted by Gasteiger charge is -2.29. The molecular formula is C14H20BrN. The van der Waals surface area contributed by atoms with Gasteiger partial charge in [0.05, 0.1) is 0 Å². The standard InChI is InChI=1S/C14H20BrN/c1-2-11-6-7-16-14(9-11)10-12-4-3-5-13(15)8-12/h3-5,8,11,14,16H,2,6-7,9-10H2,1H3. The zero-order valence-electron chi connectivity index (χ0n) is 9.88. The average molecular weight is 282 g/mol. The van der Waals surface area contributed by atoms with Crippen molar-refractivity contribution in [1.82, 2.24) is 5.32 Å². The van der Waals surface area contributed by atoms with Crippen molar-refractivity contribution in [2.75, 3.05) is 6.54 Å². The van der Waals surface area contributed by atoms with Crippen molar-refractivity contribution >= 4 is 15.9 Å². The van der Waals surface area contributed by atoms with Crippen LogP contribution < -0.4 is 5.32 Å². The van der Waals surface area contributed by atoms with Gasteiger partial charge in [0, 0.05) is 10.5 Å². The van der Waals surface area contributed by atoms with Gasteiger partial charge in [-0.1, -0.05) is 41.4 Å². The molecule has 1 aromatic rings. The highest BCUT2D eigenvalue weighted by atomic mass is 79.9. The van der Waals surface area contributed by atoms with Gasteiger partial charge in [0.1, 0.15) is 0 Å². The lowest BCUT2D eigenvalue weighted by Crippen LogP contribution is -2.39. The zero-order valence-corrected chi connectivity index (χ0v) is 11.5. The number of hydrogen-bond acceptors (Lipinski definition) is 1. The predicted molar refractivity (Wildman–Crippen MR) is 72.7 cm³/mol. The molecule has 0 amide bonds. The molecule has 1 aliphatic rings. The summed E-state index contributed by atoms with van der Waals surface area (Å²) in [5.41, 5.74) is 1.43. The van der Waals surface area contributed by atoms with E-state index in [0.717, 1.165) is 12.3 Å². The molecule has 1 N–H and O–H groups in total. The lowest BCUT2D eigenvalue weighted by molar-refractivity contribution is 0.294. The van der Waals surface area contributed by atoms with Crippen LogP contribution in [0.1, 0.15) is 31.7 Å². The SMILES string of the molecule is CCC1CCNC(Cc2cccc(Br)c2)C1. The summed E-state index contributed by atoms with van der Waals surface area (Å²) >= 11 is 3.53. The number of nitrogens with one attached hydrogen (secondary N) is 1. The summed E-state index contributed by atoms with van der Waals surface area (Å²) in [6, 6.07) is 9.35. The minimum Gasteiger partial charge on any atom is -0.314 e. The van der Waals surface area contributed by atoms with Crippen LogP contribution in [0.5, 0.6) is 0 Å². The highest BCUT2D eigenvalue weighted by Gasteiger charge is 2.20. The Morgan fingerprint density at radius 3 is 3.06 bits per heavy atom. The highest BCUT2D eigenvalue weighted by Crippen LogP contribution is 2.22. The molecule has 1 saturated heterocycles. The molecule has 88 valence electrons. The van der Waals surface area contributed by atoms with Gasteiger partial charge in [-0.2, -0.15) is 0 Å². The molecule has 0 aliphatic carbocycles. The van der Waals surface area contributed by atoms with Crippen molar-refractivity contribution in [2.24, 2.45) is 5.92 Å². The van der Waals surface area contributed by atoms with E-state index in [9.17, 15) is 0 Å². The normalized spacial score (nSPS) is 25.6. The van der Waals surface area contributed by atoms with Gasteiger partial charge in [0.2, 0.25) is 0 Å². The molecule has 2 rings (SSSR count). The van der Waals surface area contributed by atoms with Crippen LogP contribution in [0.2, 0.25) is 0 Å². The Morgan fingerprint density at radius 2 is 2.31 bits per heavy atom. The molecule has 0 radical (unpaired) electrons. The van der Waals surface area contributed by atoms with E-state index in [1.807, 2.05) is 0 Å². The van der Waals surface area contributed by atoms with Crippen molar-refractivity contribution in [3.8, 4) is 0 Å². The van der Waals surface area contributed by atoms with Crippen molar-refractivity contribution < 1.29 is 0 Å². The quantitative estimate of drug-likeness (QED) is 0.890. The molecule has 16 heavy (non-hydrogen) atoms. The first-order chi connectivity index (χ1) is 7.78. The first-order valence-corrected chi connectivity index (χ1v) is 7.05. The molecule has 0 bridgehead atoms. The Hall–Kier alpha value is -0.340. The second kappa shape index (κ2) is 5.83.